The largest absolute Gasteiger partial charge is 0.356 e. The molecule has 1 heterocycles. The van der Waals surface area contributed by atoms with Gasteiger partial charge >= 0.3 is 0 Å². The SMILES string of the molecule is NC1(CC(=O)NCCc2ncno2)CCCC1. The van der Waals surface area contributed by atoms with Crippen LogP contribution in [0, 0.1) is 0 Å². The zero-order valence-corrected chi connectivity index (χ0v) is 9.82. The molecule has 0 unspecified atom stereocenters. The van der Waals surface area contributed by atoms with Crippen LogP contribution < -0.4 is 11.1 Å². The van der Waals surface area contributed by atoms with E-state index in [0.717, 1.165) is 25.7 Å². The van der Waals surface area contributed by atoms with Crippen LogP contribution in [0.1, 0.15) is 38.0 Å². The van der Waals surface area contributed by atoms with E-state index in [1.807, 2.05) is 0 Å². The Bertz CT molecular complexity index is 358. The third-order valence-electron chi connectivity index (χ3n) is 3.18. The van der Waals surface area contributed by atoms with Gasteiger partial charge in [0.2, 0.25) is 11.8 Å². The van der Waals surface area contributed by atoms with Crippen LogP contribution in [0.3, 0.4) is 0 Å². The van der Waals surface area contributed by atoms with Crippen LogP contribution >= 0.6 is 0 Å². The Balaban J connectivity index is 1.67. The maximum absolute atomic E-state index is 11.7. The van der Waals surface area contributed by atoms with Crippen molar-refractivity contribution in [2.75, 3.05) is 6.54 Å². The van der Waals surface area contributed by atoms with Gasteiger partial charge in [-0.2, -0.15) is 4.98 Å². The fourth-order valence-corrected chi connectivity index (χ4v) is 2.25. The molecule has 6 nitrogen and oxygen atoms in total. The number of nitrogens with one attached hydrogen (secondary N) is 1. The van der Waals surface area contributed by atoms with E-state index in [4.69, 9.17) is 10.3 Å². The molecule has 1 aromatic rings. The molecule has 6 heteroatoms. The topological polar surface area (TPSA) is 94.0 Å². The Labute approximate surface area is 99.9 Å². The van der Waals surface area contributed by atoms with Crippen molar-refractivity contribution >= 4 is 5.91 Å². The molecule has 0 bridgehead atoms. The van der Waals surface area contributed by atoms with Gasteiger partial charge in [-0.25, -0.2) is 0 Å². The summed E-state index contributed by atoms with van der Waals surface area (Å²) < 4.78 is 4.83. The summed E-state index contributed by atoms with van der Waals surface area (Å²) >= 11 is 0. The number of amides is 1. The van der Waals surface area contributed by atoms with Gasteiger partial charge in [0.15, 0.2) is 6.33 Å². The highest BCUT2D eigenvalue weighted by molar-refractivity contribution is 5.77. The summed E-state index contributed by atoms with van der Waals surface area (Å²) in [5.41, 5.74) is 5.84. The van der Waals surface area contributed by atoms with Crippen molar-refractivity contribution in [2.24, 2.45) is 5.73 Å². The molecule has 0 spiro atoms. The van der Waals surface area contributed by atoms with Crippen molar-refractivity contribution in [3.63, 3.8) is 0 Å². The molecule has 1 aliphatic carbocycles. The maximum Gasteiger partial charge on any atom is 0.228 e. The number of nitrogens with two attached hydrogens (primary N) is 1. The van der Waals surface area contributed by atoms with E-state index in [1.54, 1.807) is 0 Å². The summed E-state index contributed by atoms with van der Waals surface area (Å²) in [4.78, 5) is 15.6. The Morgan fingerprint density at radius 3 is 2.94 bits per heavy atom. The summed E-state index contributed by atoms with van der Waals surface area (Å²) in [7, 11) is 0. The van der Waals surface area contributed by atoms with Gasteiger partial charge in [-0.1, -0.05) is 18.0 Å². The number of aromatic nitrogens is 2. The summed E-state index contributed by atoms with van der Waals surface area (Å²) in [5, 5.41) is 6.32. The highest BCUT2D eigenvalue weighted by Crippen LogP contribution is 2.29. The lowest BCUT2D eigenvalue weighted by Crippen LogP contribution is -2.42. The van der Waals surface area contributed by atoms with E-state index in [-0.39, 0.29) is 11.4 Å². The second kappa shape index (κ2) is 5.27. The monoisotopic (exact) mass is 238 g/mol. The lowest BCUT2D eigenvalue weighted by molar-refractivity contribution is -0.122. The van der Waals surface area contributed by atoms with Crippen LogP contribution in [0.25, 0.3) is 0 Å². The number of carbonyl (C=O) groups excluding carboxylic acids is 1. The zero-order valence-electron chi connectivity index (χ0n) is 9.82. The van der Waals surface area contributed by atoms with Crippen molar-refractivity contribution in [1.82, 2.24) is 15.5 Å². The molecule has 1 saturated carbocycles. The van der Waals surface area contributed by atoms with Gasteiger partial charge in [-0.15, -0.1) is 0 Å². The number of hydrogen-bond donors (Lipinski definition) is 2. The van der Waals surface area contributed by atoms with Crippen molar-refractivity contribution in [3.05, 3.63) is 12.2 Å². The van der Waals surface area contributed by atoms with Crippen LogP contribution in [-0.2, 0) is 11.2 Å². The number of rotatable bonds is 5. The molecule has 1 aromatic heterocycles. The van der Waals surface area contributed by atoms with Crippen LogP contribution in [0.4, 0.5) is 0 Å². The van der Waals surface area contributed by atoms with E-state index in [2.05, 4.69) is 15.5 Å². The highest BCUT2D eigenvalue weighted by Gasteiger charge is 2.31. The first-order chi connectivity index (χ1) is 8.18. The summed E-state index contributed by atoms with van der Waals surface area (Å²) in [5.74, 6) is 0.544. The Morgan fingerprint density at radius 1 is 1.53 bits per heavy atom. The van der Waals surface area contributed by atoms with Crippen molar-refractivity contribution in [2.45, 2.75) is 44.1 Å². The van der Waals surface area contributed by atoms with Gasteiger partial charge in [0, 0.05) is 24.9 Å². The molecule has 0 aliphatic heterocycles. The van der Waals surface area contributed by atoms with Crippen LogP contribution in [0.15, 0.2) is 10.9 Å². The molecule has 0 radical (unpaired) electrons. The van der Waals surface area contributed by atoms with Crippen LogP contribution in [0.5, 0.6) is 0 Å². The fraction of sp³-hybridized carbons (Fsp3) is 0.727. The molecule has 0 atom stereocenters. The van der Waals surface area contributed by atoms with Crippen molar-refractivity contribution < 1.29 is 9.32 Å². The quantitative estimate of drug-likeness (QED) is 0.773. The lowest BCUT2D eigenvalue weighted by atomic mass is 9.94. The fourth-order valence-electron chi connectivity index (χ4n) is 2.25. The lowest BCUT2D eigenvalue weighted by Gasteiger charge is -2.22. The van der Waals surface area contributed by atoms with Crippen molar-refractivity contribution in [3.8, 4) is 0 Å². The molecule has 2 rings (SSSR count). The van der Waals surface area contributed by atoms with E-state index in [0.29, 0.717) is 25.3 Å². The minimum atomic E-state index is -0.283. The molecule has 0 saturated heterocycles. The zero-order chi connectivity index (χ0) is 12.1. The molecular weight excluding hydrogens is 220 g/mol. The molecule has 0 aromatic carbocycles. The minimum Gasteiger partial charge on any atom is -0.356 e. The average Bonchev–Trinajstić information content (AvgIpc) is 2.90. The third-order valence-corrected chi connectivity index (χ3v) is 3.18. The Kier molecular flexibility index (Phi) is 3.73. The van der Waals surface area contributed by atoms with Crippen molar-refractivity contribution in [1.29, 1.82) is 0 Å². The number of nitrogens with zero attached hydrogens (tertiary/aromatic N) is 2. The minimum absolute atomic E-state index is 0.00825. The van der Waals surface area contributed by atoms with Crippen LogP contribution in [-0.4, -0.2) is 28.1 Å². The van der Waals surface area contributed by atoms with Gasteiger partial charge < -0.3 is 15.6 Å². The van der Waals surface area contributed by atoms with E-state index in [9.17, 15) is 4.79 Å². The predicted molar refractivity (Wildman–Crippen MR) is 61.0 cm³/mol. The standard InChI is InChI=1S/C11H18N4O2/c12-11(4-1-2-5-11)7-9(16)13-6-3-10-14-8-15-17-10/h8H,1-7,12H2,(H,13,16). The third kappa shape index (κ3) is 3.52. The molecule has 1 amide bonds. The van der Waals surface area contributed by atoms with Gasteiger partial charge in [-0.05, 0) is 12.8 Å². The summed E-state index contributed by atoms with van der Waals surface area (Å²) in [6, 6.07) is 0. The Morgan fingerprint density at radius 2 is 2.29 bits per heavy atom. The van der Waals surface area contributed by atoms with Gasteiger partial charge in [0.05, 0.1) is 0 Å². The van der Waals surface area contributed by atoms with Gasteiger partial charge in [0.1, 0.15) is 0 Å². The molecule has 3 N–H and O–H groups in total. The maximum atomic E-state index is 11.7. The Hall–Kier alpha value is -1.43. The normalized spacial score (nSPS) is 18.2. The molecule has 1 fully saturated rings. The predicted octanol–water partition coefficient (Wildman–Crippen LogP) is 0.390. The first kappa shape index (κ1) is 12.0. The molecule has 17 heavy (non-hydrogen) atoms. The highest BCUT2D eigenvalue weighted by atomic mass is 16.5. The second-order valence-electron chi connectivity index (χ2n) is 4.68. The second-order valence-corrected chi connectivity index (χ2v) is 4.68. The molecule has 94 valence electrons. The first-order valence-corrected chi connectivity index (χ1v) is 5.99. The summed E-state index contributed by atoms with van der Waals surface area (Å²) in [6.45, 7) is 0.511. The average molecular weight is 238 g/mol. The smallest absolute Gasteiger partial charge is 0.228 e. The number of carbonyl (C=O) groups is 1. The van der Waals surface area contributed by atoms with E-state index >= 15 is 0 Å². The van der Waals surface area contributed by atoms with E-state index < -0.39 is 0 Å². The number of hydrogen-bond acceptors (Lipinski definition) is 5. The first-order valence-electron chi connectivity index (χ1n) is 5.99. The molecular formula is C11H18N4O2. The van der Waals surface area contributed by atoms with E-state index in [1.165, 1.54) is 6.33 Å². The van der Waals surface area contributed by atoms with Gasteiger partial charge in [-0.3, -0.25) is 4.79 Å². The summed E-state index contributed by atoms with van der Waals surface area (Å²) in [6.07, 6.45) is 6.48. The van der Waals surface area contributed by atoms with Crippen LogP contribution in [0.2, 0.25) is 0 Å². The van der Waals surface area contributed by atoms with Gasteiger partial charge in [0.25, 0.3) is 0 Å². The molecule has 1 aliphatic rings.